The molecule has 0 radical (unpaired) electrons. The fraction of sp³-hybridized carbons (Fsp3) is 0.333. The van der Waals surface area contributed by atoms with E-state index in [0.717, 1.165) is 0 Å². The number of halogens is 5. The van der Waals surface area contributed by atoms with Crippen molar-refractivity contribution in [1.29, 1.82) is 0 Å². The Morgan fingerprint density at radius 2 is 1.87 bits per heavy atom. The van der Waals surface area contributed by atoms with Crippen molar-refractivity contribution in [2.45, 2.75) is 12.2 Å². The molecule has 0 aliphatic heterocycles. The van der Waals surface area contributed by atoms with E-state index in [1.165, 1.54) is 0 Å². The molecule has 1 aromatic heterocycles. The van der Waals surface area contributed by atoms with Crippen LogP contribution in [0.4, 0.5) is 22.0 Å². The third-order valence-corrected chi connectivity index (χ3v) is 1.47. The number of hydrogen-bond donors (Lipinski definition) is 1. The zero-order valence-corrected chi connectivity index (χ0v) is 6.79. The van der Waals surface area contributed by atoms with Crippen LogP contribution in [0.25, 0.3) is 0 Å². The first-order valence-electron chi connectivity index (χ1n) is 3.40. The van der Waals surface area contributed by atoms with E-state index >= 15 is 0 Å². The van der Waals surface area contributed by atoms with E-state index in [1.807, 2.05) is 0 Å². The summed E-state index contributed by atoms with van der Waals surface area (Å²) in [5, 5.41) is 11.0. The van der Waals surface area contributed by atoms with Gasteiger partial charge in [0.15, 0.2) is 5.69 Å². The van der Waals surface area contributed by atoms with Gasteiger partial charge in [0.05, 0.1) is 6.20 Å². The zero-order chi connectivity index (χ0) is 11.9. The number of carboxylic acids is 1. The molecule has 9 heteroatoms. The Morgan fingerprint density at radius 1 is 1.33 bits per heavy atom. The number of carboxylic acid groups (broad SMARTS) is 1. The summed E-state index contributed by atoms with van der Waals surface area (Å²) in [4.78, 5) is 10.3. The lowest BCUT2D eigenvalue weighted by Crippen LogP contribution is -2.41. The van der Waals surface area contributed by atoms with E-state index in [4.69, 9.17) is 5.11 Å². The molecule has 15 heavy (non-hydrogen) atoms. The first-order valence-corrected chi connectivity index (χ1v) is 3.40. The average molecular weight is 230 g/mol. The number of hydrogen-bond acceptors (Lipinski definition) is 2. The Kier molecular flexibility index (Phi) is 2.41. The topological polar surface area (TPSA) is 55.1 Å². The molecule has 4 nitrogen and oxygen atoms in total. The minimum Gasteiger partial charge on any atom is -0.477 e. The molecule has 0 fully saturated rings. The lowest BCUT2D eigenvalue weighted by molar-refractivity contribution is -0.328. The van der Waals surface area contributed by atoms with Gasteiger partial charge in [0, 0.05) is 0 Å². The number of carbonyl (C=O) groups is 1. The Bertz CT molecular complexity index is 383. The second kappa shape index (κ2) is 3.17. The van der Waals surface area contributed by atoms with Crippen LogP contribution in [0.2, 0.25) is 0 Å². The Balaban J connectivity index is 3.27. The maximum atomic E-state index is 12.6. The summed E-state index contributed by atoms with van der Waals surface area (Å²) in [6.45, 7) is 0. The Hall–Kier alpha value is -1.67. The quantitative estimate of drug-likeness (QED) is 0.786. The normalized spacial score (nSPS) is 12.9. The van der Waals surface area contributed by atoms with E-state index in [-0.39, 0.29) is 0 Å². The molecule has 1 N–H and O–H groups in total. The molecule has 0 aliphatic carbocycles. The van der Waals surface area contributed by atoms with E-state index in [9.17, 15) is 26.7 Å². The van der Waals surface area contributed by atoms with E-state index in [1.54, 1.807) is 0 Å². The maximum absolute atomic E-state index is 12.6. The Labute approximate surface area is 78.9 Å². The molecule has 1 aromatic rings. The summed E-state index contributed by atoms with van der Waals surface area (Å²) in [6, 6.07) is -4.80. The van der Waals surface area contributed by atoms with Crippen molar-refractivity contribution in [2.75, 3.05) is 0 Å². The molecule has 1 heterocycles. The zero-order valence-electron chi connectivity index (χ0n) is 6.79. The third-order valence-electron chi connectivity index (χ3n) is 1.47. The van der Waals surface area contributed by atoms with Crippen LogP contribution in [-0.4, -0.2) is 27.0 Å². The summed E-state index contributed by atoms with van der Waals surface area (Å²) >= 11 is 0. The lowest BCUT2D eigenvalue weighted by atomic mass is 10.4. The van der Waals surface area contributed by atoms with Crippen molar-refractivity contribution in [1.82, 2.24) is 9.78 Å². The van der Waals surface area contributed by atoms with Crippen molar-refractivity contribution in [3.05, 3.63) is 18.0 Å². The molecule has 0 aliphatic rings. The molecule has 0 aromatic carbocycles. The van der Waals surface area contributed by atoms with Gasteiger partial charge in [-0.25, -0.2) is 4.79 Å². The predicted molar refractivity (Wildman–Crippen MR) is 35.4 cm³/mol. The second-order valence-corrected chi connectivity index (χ2v) is 2.47. The highest BCUT2D eigenvalue weighted by molar-refractivity contribution is 5.85. The number of aromatic nitrogens is 2. The summed E-state index contributed by atoms with van der Waals surface area (Å²) in [5.74, 6) is -1.92. The molecule has 0 saturated heterocycles. The van der Waals surface area contributed by atoms with Gasteiger partial charge in [-0.3, -0.25) is 0 Å². The molecular weight excluding hydrogens is 227 g/mol. The molecule has 0 spiro atoms. The van der Waals surface area contributed by atoms with Crippen molar-refractivity contribution in [3.8, 4) is 0 Å². The first-order chi connectivity index (χ1) is 6.68. The molecule has 0 atom stereocenters. The standard InChI is InChI=1S/C6H3F5N2O2/c7-5(8,9)6(10,11)13-3(4(14)15)1-2-12-13/h1-2H,(H,14,15). The smallest absolute Gasteiger partial charge is 0.477 e. The molecule has 1 rings (SSSR count). The summed E-state index contributed by atoms with van der Waals surface area (Å²) < 4.78 is 59.9. The van der Waals surface area contributed by atoms with Crippen LogP contribution in [-0.2, 0) is 6.05 Å². The van der Waals surface area contributed by atoms with Crippen molar-refractivity contribution in [2.24, 2.45) is 0 Å². The summed E-state index contributed by atoms with van der Waals surface area (Å²) in [5.41, 5.74) is -1.24. The van der Waals surface area contributed by atoms with Crippen LogP contribution in [0.3, 0.4) is 0 Å². The number of alkyl halides is 5. The highest BCUT2D eigenvalue weighted by atomic mass is 19.4. The van der Waals surface area contributed by atoms with Crippen LogP contribution < -0.4 is 0 Å². The van der Waals surface area contributed by atoms with Gasteiger partial charge in [0.25, 0.3) is 0 Å². The van der Waals surface area contributed by atoms with E-state index in [2.05, 4.69) is 5.10 Å². The number of aromatic carboxylic acids is 1. The van der Waals surface area contributed by atoms with Gasteiger partial charge in [0.1, 0.15) is 0 Å². The van der Waals surface area contributed by atoms with Gasteiger partial charge in [-0.15, -0.1) is 0 Å². The summed E-state index contributed by atoms with van der Waals surface area (Å²) in [6.07, 6.45) is -5.35. The maximum Gasteiger partial charge on any atom is 0.477 e. The fourth-order valence-electron chi connectivity index (χ4n) is 0.809. The van der Waals surface area contributed by atoms with E-state index in [0.29, 0.717) is 12.3 Å². The van der Waals surface area contributed by atoms with Crippen molar-refractivity contribution in [3.63, 3.8) is 0 Å². The lowest BCUT2D eigenvalue weighted by Gasteiger charge is -2.20. The molecular formula is C6H3F5N2O2. The van der Waals surface area contributed by atoms with Gasteiger partial charge in [0.2, 0.25) is 0 Å². The minimum atomic E-state index is -5.90. The van der Waals surface area contributed by atoms with Crippen LogP contribution in [0.1, 0.15) is 10.5 Å². The monoisotopic (exact) mass is 230 g/mol. The Morgan fingerprint density at radius 3 is 2.27 bits per heavy atom. The molecule has 84 valence electrons. The van der Waals surface area contributed by atoms with Crippen LogP contribution in [0.15, 0.2) is 12.3 Å². The molecule has 0 amide bonds. The fourth-order valence-corrected chi connectivity index (χ4v) is 0.809. The molecule has 0 unspecified atom stereocenters. The highest BCUT2D eigenvalue weighted by Gasteiger charge is 2.61. The molecule has 0 bridgehead atoms. The largest absolute Gasteiger partial charge is 0.477 e. The van der Waals surface area contributed by atoms with Gasteiger partial charge in [-0.05, 0) is 6.07 Å². The van der Waals surface area contributed by atoms with Crippen molar-refractivity contribution >= 4 is 5.97 Å². The van der Waals surface area contributed by atoms with Crippen molar-refractivity contribution < 1.29 is 31.9 Å². The highest BCUT2D eigenvalue weighted by Crippen LogP contribution is 2.39. The van der Waals surface area contributed by atoms with Crippen LogP contribution in [0.5, 0.6) is 0 Å². The minimum absolute atomic E-state index is 0.544. The predicted octanol–water partition coefficient (Wildman–Crippen LogP) is 1.69. The molecule has 0 saturated carbocycles. The average Bonchev–Trinajstić information content (AvgIpc) is 2.48. The second-order valence-electron chi connectivity index (χ2n) is 2.47. The first kappa shape index (κ1) is 11.4. The van der Waals surface area contributed by atoms with E-state index < -0.39 is 28.6 Å². The van der Waals surface area contributed by atoms with Gasteiger partial charge in [-0.1, -0.05) is 0 Å². The number of rotatable bonds is 2. The van der Waals surface area contributed by atoms with Gasteiger partial charge >= 0.3 is 18.2 Å². The SMILES string of the molecule is O=C(O)c1ccnn1C(F)(F)C(F)(F)F. The van der Waals surface area contributed by atoms with Gasteiger partial charge < -0.3 is 5.11 Å². The number of nitrogens with zero attached hydrogens (tertiary/aromatic N) is 2. The van der Waals surface area contributed by atoms with Crippen LogP contribution >= 0.6 is 0 Å². The third kappa shape index (κ3) is 1.76. The van der Waals surface area contributed by atoms with Gasteiger partial charge in [-0.2, -0.15) is 31.7 Å². The summed E-state index contributed by atoms with van der Waals surface area (Å²) in [7, 11) is 0. The van der Waals surface area contributed by atoms with Crippen LogP contribution in [0, 0.1) is 0 Å².